The Morgan fingerprint density at radius 3 is 2.65 bits per heavy atom. The van der Waals surface area contributed by atoms with Crippen LogP contribution in [0.3, 0.4) is 0 Å². The molecule has 1 N–H and O–H groups in total. The quantitative estimate of drug-likeness (QED) is 0.647. The first kappa shape index (κ1) is 11.1. The van der Waals surface area contributed by atoms with Crippen molar-refractivity contribution in [2.75, 3.05) is 0 Å². The molecule has 1 aromatic carbocycles. The van der Waals surface area contributed by atoms with E-state index >= 15 is 0 Å². The zero-order valence-corrected chi connectivity index (χ0v) is 9.38. The summed E-state index contributed by atoms with van der Waals surface area (Å²) < 4.78 is 5.27. The Labute approximate surface area is 99.0 Å². The van der Waals surface area contributed by atoms with Crippen molar-refractivity contribution in [3.8, 4) is 0 Å². The minimum Gasteiger partial charge on any atom is -0.460 e. The molecule has 86 valence electrons. The number of hydrazone groups is 1. The highest BCUT2D eigenvalue weighted by atomic mass is 16.3. The molecule has 1 heterocycles. The molecule has 4 nitrogen and oxygen atoms in total. The lowest BCUT2D eigenvalue weighted by atomic mass is 10.2. The van der Waals surface area contributed by atoms with Crippen molar-refractivity contribution >= 4 is 12.1 Å². The summed E-state index contributed by atoms with van der Waals surface area (Å²) in [7, 11) is 0. The molecule has 0 atom stereocenters. The van der Waals surface area contributed by atoms with Gasteiger partial charge in [-0.1, -0.05) is 18.2 Å². The van der Waals surface area contributed by atoms with Gasteiger partial charge in [0.15, 0.2) is 0 Å². The second-order valence-corrected chi connectivity index (χ2v) is 3.51. The number of hydrogen-bond acceptors (Lipinski definition) is 3. The van der Waals surface area contributed by atoms with Crippen molar-refractivity contribution in [2.45, 2.75) is 6.92 Å². The molecule has 0 aliphatic rings. The summed E-state index contributed by atoms with van der Waals surface area (Å²) >= 11 is 0. The van der Waals surface area contributed by atoms with Crippen molar-refractivity contribution in [1.82, 2.24) is 5.43 Å². The third-order valence-corrected chi connectivity index (χ3v) is 2.16. The molecular weight excluding hydrogens is 216 g/mol. The van der Waals surface area contributed by atoms with Gasteiger partial charge in [0.2, 0.25) is 0 Å². The lowest BCUT2D eigenvalue weighted by Gasteiger charge is -1.97. The van der Waals surface area contributed by atoms with E-state index in [0.717, 1.165) is 5.76 Å². The summed E-state index contributed by atoms with van der Waals surface area (Å²) in [6.45, 7) is 1.85. The SMILES string of the molecule is Cc1ccc(C=NNC(=O)c2ccccc2)o1. The summed E-state index contributed by atoms with van der Waals surface area (Å²) in [6.07, 6.45) is 1.47. The van der Waals surface area contributed by atoms with Crippen LogP contribution in [0, 0.1) is 6.92 Å². The van der Waals surface area contributed by atoms with Crippen LogP contribution in [0.25, 0.3) is 0 Å². The maximum Gasteiger partial charge on any atom is 0.271 e. The molecule has 0 saturated carbocycles. The second kappa shape index (κ2) is 5.12. The Balaban J connectivity index is 1.95. The number of nitrogens with zero attached hydrogens (tertiary/aromatic N) is 1. The first-order valence-electron chi connectivity index (χ1n) is 5.20. The van der Waals surface area contributed by atoms with E-state index in [1.54, 1.807) is 30.3 Å². The molecule has 2 aromatic rings. The van der Waals surface area contributed by atoms with Crippen molar-refractivity contribution in [3.05, 3.63) is 59.5 Å². The summed E-state index contributed by atoms with van der Waals surface area (Å²) in [5, 5.41) is 3.81. The Morgan fingerprint density at radius 2 is 2.00 bits per heavy atom. The zero-order chi connectivity index (χ0) is 12.1. The molecule has 0 unspecified atom stereocenters. The molecule has 4 heteroatoms. The summed E-state index contributed by atoms with van der Waals surface area (Å²) in [5.74, 6) is 1.17. The van der Waals surface area contributed by atoms with Gasteiger partial charge in [-0.15, -0.1) is 0 Å². The third kappa shape index (κ3) is 3.04. The third-order valence-electron chi connectivity index (χ3n) is 2.16. The molecule has 0 spiro atoms. The van der Waals surface area contributed by atoms with Crippen molar-refractivity contribution < 1.29 is 9.21 Å². The standard InChI is InChI=1S/C13H12N2O2/c1-10-7-8-12(17-10)9-14-15-13(16)11-5-3-2-4-6-11/h2-9H,1H3,(H,15,16). The predicted octanol–water partition coefficient (Wildman–Crippen LogP) is 2.35. The molecule has 2 rings (SSSR count). The van der Waals surface area contributed by atoms with Crippen molar-refractivity contribution in [1.29, 1.82) is 0 Å². The Hall–Kier alpha value is -2.36. The Bertz CT molecular complexity index is 529. The van der Waals surface area contributed by atoms with Gasteiger partial charge in [0.1, 0.15) is 11.5 Å². The maximum absolute atomic E-state index is 11.6. The van der Waals surface area contributed by atoms with Gasteiger partial charge >= 0.3 is 0 Å². The van der Waals surface area contributed by atoms with E-state index in [1.165, 1.54) is 6.21 Å². The molecule has 1 aromatic heterocycles. The fraction of sp³-hybridized carbons (Fsp3) is 0.0769. The summed E-state index contributed by atoms with van der Waals surface area (Å²) in [4.78, 5) is 11.6. The van der Waals surface area contributed by atoms with Gasteiger partial charge in [-0.25, -0.2) is 5.43 Å². The molecular formula is C13H12N2O2. The number of carbonyl (C=O) groups excluding carboxylic acids is 1. The van der Waals surface area contributed by atoms with Crippen molar-refractivity contribution in [2.24, 2.45) is 5.10 Å². The van der Waals surface area contributed by atoms with Gasteiger partial charge in [0.25, 0.3) is 5.91 Å². The lowest BCUT2D eigenvalue weighted by molar-refractivity contribution is 0.0955. The number of carbonyl (C=O) groups is 1. The van der Waals surface area contributed by atoms with Crippen LogP contribution < -0.4 is 5.43 Å². The maximum atomic E-state index is 11.6. The Morgan fingerprint density at radius 1 is 1.24 bits per heavy atom. The van der Waals surface area contributed by atoms with Crippen molar-refractivity contribution in [3.63, 3.8) is 0 Å². The van der Waals surface area contributed by atoms with E-state index in [9.17, 15) is 4.79 Å². The number of furan rings is 1. The number of nitrogens with one attached hydrogen (secondary N) is 1. The summed E-state index contributed by atoms with van der Waals surface area (Å²) in [6, 6.07) is 12.5. The van der Waals surface area contributed by atoms with Gasteiger partial charge in [0, 0.05) is 5.56 Å². The largest absolute Gasteiger partial charge is 0.460 e. The van der Waals surface area contributed by atoms with Crippen LogP contribution in [0.2, 0.25) is 0 Å². The number of aryl methyl sites for hydroxylation is 1. The summed E-state index contributed by atoms with van der Waals surface area (Å²) in [5.41, 5.74) is 3.00. The monoisotopic (exact) mass is 228 g/mol. The van der Waals surface area contributed by atoms with Gasteiger partial charge in [-0.2, -0.15) is 5.10 Å². The Kier molecular flexibility index (Phi) is 3.35. The van der Waals surface area contributed by atoms with E-state index < -0.39 is 0 Å². The number of hydrogen-bond donors (Lipinski definition) is 1. The minimum absolute atomic E-state index is 0.245. The number of amides is 1. The second-order valence-electron chi connectivity index (χ2n) is 3.51. The molecule has 0 radical (unpaired) electrons. The van der Waals surface area contributed by atoms with E-state index in [0.29, 0.717) is 11.3 Å². The number of benzene rings is 1. The van der Waals surface area contributed by atoms with Crippen LogP contribution in [0.5, 0.6) is 0 Å². The zero-order valence-electron chi connectivity index (χ0n) is 9.38. The fourth-order valence-corrected chi connectivity index (χ4v) is 1.33. The van der Waals surface area contributed by atoms with Crippen LogP contribution in [-0.2, 0) is 0 Å². The van der Waals surface area contributed by atoms with Gasteiger partial charge in [0.05, 0.1) is 6.21 Å². The van der Waals surface area contributed by atoms with Crippen LogP contribution in [0.4, 0.5) is 0 Å². The number of rotatable bonds is 3. The van der Waals surface area contributed by atoms with E-state index in [1.807, 2.05) is 19.1 Å². The highest BCUT2D eigenvalue weighted by Gasteiger charge is 2.01. The minimum atomic E-state index is -0.245. The van der Waals surface area contributed by atoms with E-state index in [-0.39, 0.29) is 5.91 Å². The lowest BCUT2D eigenvalue weighted by Crippen LogP contribution is -2.17. The van der Waals surface area contributed by atoms with Gasteiger partial charge in [-0.05, 0) is 31.2 Å². The molecule has 0 aliphatic heterocycles. The predicted molar refractivity (Wildman–Crippen MR) is 64.9 cm³/mol. The van der Waals surface area contributed by atoms with Gasteiger partial charge < -0.3 is 4.42 Å². The molecule has 1 amide bonds. The van der Waals surface area contributed by atoms with E-state index in [4.69, 9.17) is 4.42 Å². The average Bonchev–Trinajstić information content (AvgIpc) is 2.76. The van der Waals surface area contributed by atoms with Crippen LogP contribution in [0.1, 0.15) is 21.9 Å². The highest BCUT2D eigenvalue weighted by molar-refractivity contribution is 5.94. The normalized spacial score (nSPS) is 10.6. The smallest absolute Gasteiger partial charge is 0.271 e. The first-order chi connectivity index (χ1) is 8.25. The highest BCUT2D eigenvalue weighted by Crippen LogP contribution is 2.03. The van der Waals surface area contributed by atoms with Crippen LogP contribution >= 0.6 is 0 Å². The molecule has 0 saturated heterocycles. The molecule has 0 bridgehead atoms. The van der Waals surface area contributed by atoms with Gasteiger partial charge in [-0.3, -0.25) is 4.79 Å². The molecule has 0 fully saturated rings. The fourth-order valence-electron chi connectivity index (χ4n) is 1.33. The molecule has 0 aliphatic carbocycles. The molecule has 17 heavy (non-hydrogen) atoms. The van der Waals surface area contributed by atoms with E-state index in [2.05, 4.69) is 10.5 Å². The first-order valence-corrected chi connectivity index (χ1v) is 5.20. The van der Waals surface area contributed by atoms with Crippen LogP contribution in [-0.4, -0.2) is 12.1 Å². The average molecular weight is 228 g/mol. The van der Waals surface area contributed by atoms with Crippen LogP contribution in [0.15, 0.2) is 52.0 Å². The topological polar surface area (TPSA) is 54.6 Å².